The number of amides is 1. The van der Waals surface area contributed by atoms with Gasteiger partial charge in [-0.25, -0.2) is 0 Å². The molecule has 1 unspecified atom stereocenters. The Bertz CT molecular complexity index is 1080. The number of nitrogens with one attached hydrogen (secondary N) is 2. The number of carbonyl (C=O) groups is 1. The van der Waals surface area contributed by atoms with Gasteiger partial charge in [0.15, 0.2) is 5.75 Å². The normalized spacial score (nSPS) is 15.1. The Hall–Kier alpha value is -3.18. The van der Waals surface area contributed by atoms with E-state index in [0.717, 1.165) is 48.8 Å². The van der Waals surface area contributed by atoms with Gasteiger partial charge >= 0.3 is 0 Å². The van der Waals surface area contributed by atoms with Gasteiger partial charge in [-0.2, -0.15) is 0 Å². The van der Waals surface area contributed by atoms with Crippen molar-refractivity contribution in [3.05, 3.63) is 83.4 Å². The predicted octanol–water partition coefficient (Wildman–Crippen LogP) is 6.73. The summed E-state index contributed by atoms with van der Waals surface area (Å²) in [6.07, 6.45) is 1.90. The van der Waals surface area contributed by atoms with Crippen LogP contribution in [0.1, 0.15) is 38.3 Å². The first kappa shape index (κ1) is 23.0. The molecule has 172 valence electrons. The molecule has 3 aromatic carbocycles. The number of halogens is 1. The van der Waals surface area contributed by atoms with Crippen LogP contribution in [0.15, 0.2) is 72.8 Å². The average Bonchev–Trinajstić information content (AvgIpc) is 2.82. The van der Waals surface area contributed by atoms with E-state index in [1.807, 2.05) is 53.4 Å². The zero-order valence-corrected chi connectivity index (χ0v) is 19.8. The van der Waals surface area contributed by atoms with Crippen LogP contribution >= 0.6 is 11.6 Å². The number of carbonyl (C=O) groups excluding carboxylic acids is 1. The molecule has 0 aliphatic carbocycles. The molecule has 1 fully saturated rings. The fraction of sp³-hybridized carbons (Fsp3) is 0.296. The standard InChI is InChI=1S/C27H30ClN3O2/c1-19(29-26-9-5-6-10-27(26)33-23-13-11-21(28)12-14-23)24-7-3-4-8-25(24)30-22-15-17-31(18-16-22)20(2)32/h3-14,19,22,29-30H,15-18H2,1-2H3. The second-order valence-electron chi connectivity index (χ2n) is 8.43. The first-order chi connectivity index (χ1) is 16.0. The summed E-state index contributed by atoms with van der Waals surface area (Å²) in [6.45, 7) is 5.40. The molecule has 0 spiro atoms. The fourth-order valence-electron chi connectivity index (χ4n) is 4.18. The molecule has 0 bridgehead atoms. The smallest absolute Gasteiger partial charge is 0.219 e. The Morgan fingerprint density at radius 2 is 1.61 bits per heavy atom. The maximum absolute atomic E-state index is 11.6. The molecular formula is C27H30ClN3O2. The van der Waals surface area contributed by atoms with E-state index in [1.54, 1.807) is 6.92 Å². The van der Waals surface area contributed by atoms with Gasteiger partial charge in [0, 0.05) is 36.8 Å². The van der Waals surface area contributed by atoms with Crippen molar-refractivity contribution in [1.82, 2.24) is 4.90 Å². The third-order valence-corrected chi connectivity index (χ3v) is 6.28. The Kier molecular flexibility index (Phi) is 7.40. The minimum atomic E-state index is 0.0565. The predicted molar refractivity (Wildman–Crippen MR) is 135 cm³/mol. The van der Waals surface area contributed by atoms with E-state index >= 15 is 0 Å². The van der Waals surface area contributed by atoms with Crippen LogP contribution in [0.2, 0.25) is 5.02 Å². The molecule has 1 saturated heterocycles. The van der Waals surface area contributed by atoms with Crippen molar-refractivity contribution >= 4 is 28.9 Å². The van der Waals surface area contributed by atoms with Crippen LogP contribution in [0, 0.1) is 0 Å². The number of benzene rings is 3. The summed E-state index contributed by atoms with van der Waals surface area (Å²) in [5, 5.41) is 8.01. The van der Waals surface area contributed by atoms with E-state index in [0.29, 0.717) is 11.1 Å². The van der Waals surface area contributed by atoms with E-state index in [2.05, 4.69) is 41.8 Å². The van der Waals surface area contributed by atoms with Gasteiger partial charge in [0.1, 0.15) is 5.75 Å². The largest absolute Gasteiger partial charge is 0.455 e. The van der Waals surface area contributed by atoms with Crippen molar-refractivity contribution in [3.63, 3.8) is 0 Å². The number of nitrogens with zero attached hydrogens (tertiary/aromatic N) is 1. The van der Waals surface area contributed by atoms with Crippen LogP contribution in [0.4, 0.5) is 11.4 Å². The molecule has 1 aliphatic rings. The number of hydrogen-bond donors (Lipinski definition) is 2. The molecule has 1 amide bonds. The molecule has 0 saturated carbocycles. The monoisotopic (exact) mass is 463 g/mol. The Morgan fingerprint density at radius 1 is 0.970 bits per heavy atom. The lowest BCUT2D eigenvalue weighted by molar-refractivity contribution is -0.129. The zero-order chi connectivity index (χ0) is 23.2. The fourth-order valence-corrected chi connectivity index (χ4v) is 4.31. The van der Waals surface area contributed by atoms with Gasteiger partial charge in [-0.1, -0.05) is 41.9 Å². The topological polar surface area (TPSA) is 53.6 Å². The Morgan fingerprint density at radius 3 is 2.30 bits per heavy atom. The van der Waals surface area contributed by atoms with Crippen LogP contribution < -0.4 is 15.4 Å². The van der Waals surface area contributed by atoms with Crippen LogP contribution in [0.3, 0.4) is 0 Å². The summed E-state index contributed by atoms with van der Waals surface area (Å²) in [5.74, 6) is 1.65. The highest BCUT2D eigenvalue weighted by molar-refractivity contribution is 6.30. The maximum atomic E-state index is 11.6. The van der Waals surface area contributed by atoms with E-state index in [1.165, 1.54) is 5.56 Å². The molecule has 33 heavy (non-hydrogen) atoms. The second kappa shape index (κ2) is 10.6. The zero-order valence-electron chi connectivity index (χ0n) is 19.1. The number of likely N-dealkylation sites (tertiary alicyclic amines) is 1. The number of rotatable bonds is 7. The summed E-state index contributed by atoms with van der Waals surface area (Å²) < 4.78 is 6.11. The minimum Gasteiger partial charge on any atom is -0.455 e. The Labute approximate surface area is 200 Å². The molecule has 1 aliphatic heterocycles. The van der Waals surface area contributed by atoms with E-state index in [9.17, 15) is 4.79 Å². The first-order valence-corrected chi connectivity index (χ1v) is 11.8. The third kappa shape index (κ3) is 5.99. The van der Waals surface area contributed by atoms with Crippen molar-refractivity contribution in [2.45, 2.75) is 38.8 Å². The third-order valence-electron chi connectivity index (χ3n) is 6.03. The van der Waals surface area contributed by atoms with Gasteiger partial charge in [0.25, 0.3) is 0 Å². The van der Waals surface area contributed by atoms with Crippen molar-refractivity contribution in [2.24, 2.45) is 0 Å². The second-order valence-corrected chi connectivity index (χ2v) is 8.87. The summed E-state index contributed by atoms with van der Waals surface area (Å²) >= 11 is 6.00. The van der Waals surface area contributed by atoms with Crippen LogP contribution in [-0.2, 0) is 4.79 Å². The van der Waals surface area contributed by atoms with E-state index in [4.69, 9.17) is 16.3 Å². The molecule has 1 atom stereocenters. The lowest BCUT2D eigenvalue weighted by Gasteiger charge is -2.33. The lowest BCUT2D eigenvalue weighted by Crippen LogP contribution is -2.41. The van der Waals surface area contributed by atoms with Gasteiger partial charge in [-0.05, 0) is 67.8 Å². The van der Waals surface area contributed by atoms with Gasteiger partial charge < -0.3 is 20.3 Å². The van der Waals surface area contributed by atoms with Gasteiger partial charge in [0.05, 0.1) is 11.7 Å². The highest BCUT2D eigenvalue weighted by Gasteiger charge is 2.22. The number of hydrogen-bond acceptors (Lipinski definition) is 4. The molecule has 3 aromatic rings. The molecule has 1 heterocycles. The highest BCUT2D eigenvalue weighted by Crippen LogP contribution is 2.34. The lowest BCUT2D eigenvalue weighted by atomic mass is 10.0. The average molecular weight is 464 g/mol. The van der Waals surface area contributed by atoms with E-state index < -0.39 is 0 Å². The van der Waals surface area contributed by atoms with Crippen molar-refractivity contribution in [3.8, 4) is 11.5 Å². The Balaban J connectivity index is 1.46. The van der Waals surface area contributed by atoms with Crippen molar-refractivity contribution in [2.75, 3.05) is 23.7 Å². The number of ether oxygens (including phenoxy) is 1. The SMILES string of the molecule is CC(=O)N1CCC(Nc2ccccc2C(C)Nc2ccccc2Oc2ccc(Cl)cc2)CC1. The van der Waals surface area contributed by atoms with Gasteiger partial charge in [-0.15, -0.1) is 0 Å². The molecular weight excluding hydrogens is 434 g/mol. The van der Waals surface area contributed by atoms with E-state index in [-0.39, 0.29) is 11.9 Å². The molecule has 6 heteroatoms. The molecule has 5 nitrogen and oxygen atoms in total. The first-order valence-electron chi connectivity index (χ1n) is 11.4. The quantitative estimate of drug-likeness (QED) is 0.408. The maximum Gasteiger partial charge on any atom is 0.219 e. The van der Waals surface area contributed by atoms with Gasteiger partial charge in [-0.3, -0.25) is 4.79 Å². The van der Waals surface area contributed by atoms with Crippen molar-refractivity contribution in [1.29, 1.82) is 0 Å². The number of para-hydroxylation sites is 3. The minimum absolute atomic E-state index is 0.0565. The summed E-state index contributed by atoms with van der Waals surface area (Å²) in [6, 6.07) is 24.1. The van der Waals surface area contributed by atoms with Crippen molar-refractivity contribution < 1.29 is 9.53 Å². The number of anilines is 2. The molecule has 4 rings (SSSR count). The van der Waals surface area contributed by atoms with Gasteiger partial charge in [0.2, 0.25) is 5.91 Å². The summed E-state index contributed by atoms with van der Waals surface area (Å²) in [5.41, 5.74) is 3.23. The molecule has 0 aromatic heterocycles. The molecule has 2 N–H and O–H groups in total. The van der Waals surface area contributed by atoms with Crippen LogP contribution in [0.25, 0.3) is 0 Å². The van der Waals surface area contributed by atoms with Crippen LogP contribution in [-0.4, -0.2) is 29.9 Å². The van der Waals surface area contributed by atoms with Crippen LogP contribution in [0.5, 0.6) is 11.5 Å². The molecule has 0 radical (unpaired) electrons. The summed E-state index contributed by atoms with van der Waals surface area (Å²) in [4.78, 5) is 13.5. The summed E-state index contributed by atoms with van der Waals surface area (Å²) in [7, 11) is 0. The highest BCUT2D eigenvalue weighted by atomic mass is 35.5. The number of piperidine rings is 1.